The maximum Gasteiger partial charge on any atom is 0.239 e. The lowest BCUT2D eigenvalue weighted by Gasteiger charge is -2.15. The number of nitrogens with one attached hydrogen (secondary N) is 1. The van der Waals surface area contributed by atoms with Crippen LogP contribution in [0.25, 0.3) is 0 Å². The molecule has 1 aromatic carbocycles. The van der Waals surface area contributed by atoms with Crippen molar-refractivity contribution in [1.29, 1.82) is 0 Å². The van der Waals surface area contributed by atoms with Crippen LogP contribution in [0.1, 0.15) is 17.2 Å². The number of carbonyl (C=O) groups is 1. The van der Waals surface area contributed by atoms with Gasteiger partial charge in [-0.25, -0.2) is 4.39 Å². The smallest absolute Gasteiger partial charge is 0.239 e. The predicted octanol–water partition coefficient (Wildman–Crippen LogP) is 1.54. The van der Waals surface area contributed by atoms with E-state index < -0.39 is 11.9 Å². The zero-order valence-electron chi connectivity index (χ0n) is 10.2. The Morgan fingerprint density at radius 1 is 1.32 bits per heavy atom. The van der Waals surface area contributed by atoms with Crippen LogP contribution in [-0.2, 0) is 11.3 Å². The number of rotatable bonds is 5. The summed E-state index contributed by atoms with van der Waals surface area (Å²) in [7, 11) is 0. The number of aromatic nitrogens is 1. The summed E-state index contributed by atoms with van der Waals surface area (Å²) in [6, 6.07) is 8.74. The first-order valence-corrected chi connectivity index (χ1v) is 5.84. The highest BCUT2D eigenvalue weighted by Crippen LogP contribution is 2.14. The van der Waals surface area contributed by atoms with Gasteiger partial charge in [0.05, 0.1) is 0 Å². The molecule has 0 fully saturated rings. The third-order valence-corrected chi connectivity index (χ3v) is 2.72. The second kappa shape index (κ2) is 6.06. The van der Waals surface area contributed by atoms with Crippen molar-refractivity contribution in [2.45, 2.75) is 12.6 Å². The lowest BCUT2D eigenvalue weighted by Crippen LogP contribution is -2.33. The SMILES string of the molecule is NC(=O)C(NCc1cccnc1)c1ccc(F)cc1. The number of nitrogens with two attached hydrogens (primary N) is 1. The van der Waals surface area contributed by atoms with Crippen molar-refractivity contribution in [2.24, 2.45) is 5.73 Å². The Morgan fingerprint density at radius 2 is 2.05 bits per heavy atom. The number of halogens is 1. The maximum absolute atomic E-state index is 12.9. The molecule has 98 valence electrons. The monoisotopic (exact) mass is 259 g/mol. The minimum atomic E-state index is -0.652. The van der Waals surface area contributed by atoms with Crippen LogP contribution in [0.2, 0.25) is 0 Å². The van der Waals surface area contributed by atoms with Gasteiger partial charge in [0.25, 0.3) is 0 Å². The van der Waals surface area contributed by atoms with E-state index in [-0.39, 0.29) is 5.82 Å². The number of nitrogens with zero attached hydrogens (tertiary/aromatic N) is 1. The fourth-order valence-corrected chi connectivity index (χ4v) is 1.76. The van der Waals surface area contributed by atoms with Gasteiger partial charge >= 0.3 is 0 Å². The molecule has 0 saturated carbocycles. The number of pyridine rings is 1. The standard InChI is InChI=1S/C14H14FN3O/c15-12-5-3-11(4-6-12)13(14(16)19)18-9-10-2-1-7-17-8-10/h1-8,13,18H,9H2,(H2,16,19). The molecular weight excluding hydrogens is 245 g/mol. The van der Waals surface area contributed by atoms with Gasteiger partial charge in [-0.3, -0.25) is 15.1 Å². The molecule has 0 aliphatic heterocycles. The van der Waals surface area contributed by atoms with Crippen LogP contribution in [0.15, 0.2) is 48.8 Å². The highest BCUT2D eigenvalue weighted by atomic mass is 19.1. The van der Waals surface area contributed by atoms with Crippen LogP contribution < -0.4 is 11.1 Å². The van der Waals surface area contributed by atoms with E-state index in [1.807, 2.05) is 12.1 Å². The normalized spacial score (nSPS) is 12.1. The highest BCUT2D eigenvalue weighted by molar-refractivity contribution is 5.81. The summed E-state index contributed by atoms with van der Waals surface area (Å²) in [5.74, 6) is -0.852. The Bertz CT molecular complexity index is 542. The first kappa shape index (κ1) is 13.2. The van der Waals surface area contributed by atoms with Gasteiger partial charge in [-0.15, -0.1) is 0 Å². The molecule has 0 spiro atoms. The van der Waals surface area contributed by atoms with Crippen molar-refractivity contribution in [3.05, 3.63) is 65.7 Å². The Hall–Kier alpha value is -2.27. The third kappa shape index (κ3) is 3.59. The van der Waals surface area contributed by atoms with Gasteiger partial charge in [0, 0.05) is 18.9 Å². The van der Waals surface area contributed by atoms with E-state index in [0.29, 0.717) is 12.1 Å². The Morgan fingerprint density at radius 3 is 2.63 bits per heavy atom. The fraction of sp³-hybridized carbons (Fsp3) is 0.143. The maximum atomic E-state index is 12.9. The Balaban J connectivity index is 2.09. The zero-order valence-corrected chi connectivity index (χ0v) is 10.2. The molecule has 2 aromatic rings. The van der Waals surface area contributed by atoms with Gasteiger partial charge in [0.1, 0.15) is 11.9 Å². The Labute approximate surface area is 110 Å². The van der Waals surface area contributed by atoms with Crippen LogP contribution in [0.5, 0.6) is 0 Å². The molecule has 1 aromatic heterocycles. The predicted molar refractivity (Wildman–Crippen MR) is 69.4 cm³/mol. The molecule has 1 unspecified atom stereocenters. The van der Waals surface area contributed by atoms with Crippen molar-refractivity contribution < 1.29 is 9.18 Å². The van der Waals surface area contributed by atoms with E-state index in [9.17, 15) is 9.18 Å². The summed E-state index contributed by atoms with van der Waals surface area (Å²) in [5, 5.41) is 3.03. The summed E-state index contributed by atoms with van der Waals surface area (Å²) >= 11 is 0. The molecule has 1 amide bonds. The molecule has 1 heterocycles. The second-order valence-corrected chi connectivity index (χ2v) is 4.13. The van der Waals surface area contributed by atoms with Gasteiger partial charge < -0.3 is 5.73 Å². The third-order valence-electron chi connectivity index (χ3n) is 2.72. The molecule has 1 atom stereocenters. The average molecular weight is 259 g/mol. The largest absolute Gasteiger partial charge is 0.368 e. The van der Waals surface area contributed by atoms with E-state index in [0.717, 1.165) is 5.56 Å². The molecule has 3 N–H and O–H groups in total. The number of hydrogen-bond donors (Lipinski definition) is 2. The number of hydrogen-bond acceptors (Lipinski definition) is 3. The lowest BCUT2D eigenvalue weighted by atomic mass is 10.1. The van der Waals surface area contributed by atoms with E-state index in [1.165, 1.54) is 12.1 Å². The van der Waals surface area contributed by atoms with Crippen molar-refractivity contribution in [2.75, 3.05) is 0 Å². The molecule has 4 nitrogen and oxygen atoms in total. The van der Waals surface area contributed by atoms with Crippen LogP contribution >= 0.6 is 0 Å². The van der Waals surface area contributed by atoms with Crippen LogP contribution in [0.4, 0.5) is 4.39 Å². The number of amides is 1. The summed E-state index contributed by atoms with van der Waals surface area (Å²) < 4.78 is 12.9. The van der Waals surface area contributed by atoms with Crippen LogP contribution in [-0.4, -0.2) is 10.9 Å². The van der Waals surface area contributed by atoms with Gasteiger partial charge in [0.15, 0.2) is 0 Å². The quantitative estimate of drug-likeness (QED) is 0.855. The van der Waals surface area contributed by atoms with Gasteiger partial charge in [-0.05, 0) is 29.3 Å². The molecule has 0 bridgehead atoms. The van der Waals surface area contributed by atoms with Crippen LogP contribution in [0, 0.1) is 5.82 Å². The number of benzene rings is 1. The van der Waals surface area contributed by atoms with Crippen LogP contribution in [0.3, 0.4) is 0 Å². The fourth-order valence-electron chi connectivity index (χ4n) is 1.76. The number of carbonyl (C=O) groups excluding carboxylic acids is 1. The van der Waals surface area contributed by atoms with E-state index >= 15 is 0 Å². The van der Waals surface area contributed by atoms with Gasteiger partial charge in [0.2, 0.25) is 5.91 Å². The minimum Gasteiger partial charge on any atom is -0.368 e. The van der Waals surface area contributed by atoms with E-state index in [2.05, 4.69) is 10.3 Å². The average Bonchev–Trinajstić information content (AvgIpc) is 2.42. The van der Waals surface area contributed by atoms with Crippen molar-refractivity contribution in [1.82, 2.24) is 10.3 Å². The van der Waals surface area contributed by atoms with Gasteiger partial charge in [-0.1, -0.05) is 18.2 Å². The van der Waals surface area contributed by atoms with Gasteiger partial charge in [-0.2, -0.15) is 0 Å². The van der Waals surface area contributed by atoms with Crippen molar-refractivity contribution >= 4 is 5.91 Å². The molecule has 0 aliphatic carbocycles. The van der Waals surface area contributed by atoms with Crippen molar-refractivity contribution in [3.63, 3.8) is 0 Å². The lowest BCUT2D eigenvalue weighted by molar-refractivity contribution is -0.120. The zero-order chi connectivity index (χ0) is 13.7. The van der Waals surface area contributed by atoms with E-state index in [1.54, 1.807) is 24.5 Å². The van der Waals surface area contributed by atoms with Crippen molar-refractivity contribution in [3.8, 4) is 0 Å². The first-order valence-electron chi connectivity index (χ1n) is 5.84. The summed E-state index contributed by atoms with van der Waals surface area (Å²) in [4.78, 5) is 15.4. The van der Waals surface area contributed by atoms with E-state index in [4.69, 9.17) is 5.73 Å². The first-order chi connectivity index (χ1) is 9.16. The summed E-state index contributed by atoms with van der Waals surface area (Å²) in [6.07, 6.45) is 3.38. The second-order valence-electron chi connectivity index (χ2n) is 4.13. The molecule has 19 heavy (non-hydrogen) atoms. The Kier molecular flexibility index (Phi) is 4.20. The molecule has 0 radical (unpaired) electrons. The molecular formula is C14H14FN3O. The molecule has 2 rings (SSSR count). The topological polar surface area (TPSA) is 68.0 Å². The minimum absolute atomic E-state index is 0.348. The molecule has 5 heteroatoms. The molecule has 0 aliphatic rings. The molecule has 0 saturated heterocycles. The highest BCUT2D eigenvalue weighted by Gasteiger charge is 2.16. The number of primary amides is 1. The summed E-state index contributed by atoms with van der Waals surface area (Å²) in [6.45, 7) is 0.457. The summed E-state index contributed by atoms with van der Waals surface area (Å²) in [5.41, 5.74) is 6.94.